The number of nitrogens with zero attached hydrogens (tertiary/aromatic N) is 5. The van der Waals surface area contributed by atoms with Crippen LogP contribution in [0.2, 0.25) is 10.0 Å². The number of hydrogen-bond donors (Lipinski definition) is 0. The Bertz CT molecular complexity index is 805. The maximum absolute atomic E-state index is 6.12. The van der Waals surface area contributed by atoms with Crippen molar-refractivity contribution >= 4 is 29.0 Å². The van der Waals surface area contributed by atoms with Gasteiger partial charge in [-0.3, -0.25) is 4.90 Å². The molecule has 0 saturated carbocycles. The lowest BCUT2D eigenvalue weighted by atomic mass is 10.00. The third-order valence-corrected chi connectivity index (χ3v) is 7.00. The Kier molecular flexibility index (Phi) is 6.91. The van der Waals surface area contributed by atoms with Gasteiger partial charge >= 0.3 is 0 Å². The number of aromatic nitrogens is 2. The van der Waals surface area contributed by atoms with Gasteiger partial charge in [-0.15, -0.1) is 10.2 Å². The van der Waals surface area contributed by atoms with E-state index in [0.717, 1.165) is 49.3 Å². The smallest absolute Gasteiger partial charge is 0.151 e. The topological polar surface area (TPSA) is 35.5 Å². The molecule has 7 heteroatoms. The van der Waals surface area contributed by atoms with Gasteiger partial charge in [0.25, 0.3) is 0 Å². The highest BCUT2D eigenvalue weighted by molar-refractivity contribution is 6.42. The normalized spacial score (nSPS) is 21.5. The van der Waals surface area contributed by atoms with Gasteiger partial charge in [-0.05, 0) is 63.7 Å². The van der Waals surface area contributed by atoms with Crippen LogP contribution in [0.25, 0.3) is 11.3 Å². The van der Waals surface area contributed by atoms with Gasteiger partial charge < -0.3 is 9.80 Å². The molecule has 3 heterocycles. The summed E-state index contributed by atoms with van der Waals surface area (Å²) in [4.78, 5) is 7.47. The van der Waals surface area contributed by atoms with Gasteiger partial charge in [-0.2, -0.15) is 0 Å². The van der Waals surface area contributed by atoms with Crippen LogP contribution in [0.5, 0.6) is 0 Å². The summed E-state index contributed by atoms with van der Waals surface area (Å²) in [7, 11) is 2.28. The van der Waals surface area contributed by atoms with Crippen LogP contribution in [0.4, 0.5) is 5.82 Å². The van der Waals surface area contributed by atoms with E-state index in [9.17, 15) is 0 Å². The largest absolute Gasteiger partial charge is 0.353 e. The first-order valence-electron chi connectivity index (χ1n) is 10.6. The third kappa shape index (κ3) is 5.21. The molecule has 29 heavy (non-hydrogen) atoms. The van der Waals surface area contributed by atoms with Crippen LogP contribution in [-0.4, -0.2) is 72.4 Å². The van der Waals surface area contributed by atoms with E-state index in [0.29, 0.717) is 10.0 Å². The number of likely N-dealkylation sites (tertiary alicyclic amines) is 1. The monoisotopic (exact) mass is 433 g/mol. The highest BCUT2D eigenvalue weighted by Gasteiger charge is 2.22. The first-order chi connectivity index (χ1) is 14.1. The minimum atomic E-state index is 0.533. The first kappa shape index (κ1) is 20.9. The van der Waals surface area contributed by atoms with Crippen LogP contribution in [0, 0.1) is 0 Å². The van der Waals surface area contributed by atoms with Crippen LogP contribution in [0.1, 0.15) is 25.7 Å². The van der Waals surface area contributed by atoms with Crippen molar-refractivity contribution in [2.45, 2.75) is 31.7 Å². The van der Waals surface area contributed by atoms with Crippen LogP contribution in [0.3, 0.4) is 0 Å². The minimum Gasteiger partial charge on any atom is -0.353 e. The van der Waals surface area contributed by atoms with Crippen LogP contribution < -0.4 is 4.90 Å². The fraction of sp³-hybridized carbons (Fsp3) is 0.545. The Hall–Kier alpha value is -1.40. The maximum atomic E-state index is 6.12. The van der Waals surface area contributed by atoms with Gasteiger partial charge in [0.15, 0.2) is 5.82 Å². The van der Waals surface area contributed by atoms with Crippen LogP contribution in [-0.2, 0) is 0 Å². The Morgan fingerprint density at radius 1 is 0.931 bits per heavy atom. The molecule has 5 nitrogen and oxygen atoms in total. The second kappa shape index (κ2) is 9.61. The molecular weight excluding hydrogens is 405 g/mol. The van der Waals surface area contributed by atoms with E-state index >= 15 is 0 Å². The predicted octanol–water partition coefficient (Wildman–Crippen LogP) is 4.45. The second-order valence-electron chi connectivity index (χ2n) is 8.15. The van der Waals surface area contributed by atoms with Gasteiger partial charge in [-0.25, -0.2) is 0 Å². The predicted molar refractivity (Wildman–Crippen MR) is 121 cm³/mol. The van der Waals surface area contributed by atoms with E-state index in [2.05, 4.69) is 38.0 Å². The number of hydrogen-bond acceptors (Lipinski definition) is 5. The van der Waals surface area contributed by atoms with Crippen molar-refractivity contribution in [2.24, 2.45) is 0 Å². The fourth-order valence-corrected chi connectivity index (χ4v) is 4.64. The zero-order chi connectivity index (χ0) is 20.2. The molecule has 2 saturated heterocycles. The highest BCUT2D eigenvalue weighted by atomic mass is 35.5. The van der Waals surface area contributed by atoms with Crippen molar-refractivity contribution in [1.82, 2.24) is 20.0 Å². The molecule has 1 unspecified atom stereocenters. The fourth-order valence-electron chi connectivity index (χ4n) is 4.34. The molecule has 0 amide bonds. The van der Waals surface area contributed by atoms with Crippen molar-refractivity contribution < 1.29 is 0 Å². The van der Waals surface area contributed by atoms with E-state index in [4.69, 9.17) is 23.2 Å². The molecular formula is C22H29Cl2N5. The number of piperazine rings is 1. The molecule has 4 rings (SSSR count). The van der Waals surface area contributed by atoms with E-state index < -0.39 is 0 Å². The van der Waals surface area contributed by atoms with E-state index in [1.54, 1.807) is 6.07 Å². The Morgan fingerprint density at radius 2 is 1.76 bits per heavy atom. The third-order valence-electron chi connectivity index (χ3n) is 6.26. The average molecular weight is 434 g/mol. The van der Waals surface area contributed by atoms with Gasteiger partial charge in [0.2, 0.25) is 0 Å². The van der Waals surface area contributed by atoms with Crippen molar-refractivity contribution in [2.75, 3.05) is 51.2 Å². The quantitative estimate of drug-likeness (QED) is 0.695. The molecule has 1 atom stereocenters. The molecule has 2 aromatic rings. The SMILES string of the molecule is CN1CCCCC1CCN1CCN(c2ccc(-c3ccc(Cl)c(Cl)c3)nn2)CC1. The van der Waals surface area contributed by atoms with E-state index in [-0.39, 0.29) is 0 Å². The molecule has 1 aromatic heterocycles. The maximum Gasteiger partial charge on any atom is 0.151 e. The number of benzene rings is 1. The summed E-state index contributed by atoms with van der Waals surface area (Å²) in [6, 6.07) is 10.4. The average Bonchev–Trinajstić information content (AvgIpc) is 2.76. The molecule has 156 valence electrons. The first-order valence-corrected chi connectivity index (χ1v) is 11.3. The molecule has 2 fully saturated rings. The number of anilines is 1. The van der Waals surface area contributed by atoms with Gasteiger partial charge in [0, 0.05) is 37.8 Å². The van der Waals surface area contributed by atoms with Crippen LogP contribution in [0.15, 0.2) is 30.3 Å². The number of piperidine rings is 1. The summed E-state index contributed by atoms with van der Waals surface area (Å²) in [5.41, 5.74) is 1.73. The zero-order valence-corrected chi connectivity index (χ0v) is 18.5. The molecule has 2 aliphatic rings. The zero-order valence-electron chi connectivity index (χ0n) is 17.0. The number of halogens is 2. The summed E-state index contributed by atoms with van der Waals surface area (Å²) in [6.07, 6.45) is 5.39. The summed E-state index contributed by atoms with van der Waals surface area (Å²) in [5.74, 6) is 0.945. The molecule has 0 spiro atoms. The van der Waals surface area contributed by atoms with Crippen LogP contribution >= 0.6 is 23.2 Å². The molecule has 2 aliphatic heterocycles. The molecule has 0 aliphatic carbocycles. The van der Waals surface area contributed by atoms with Crippen molar-refractivity contribution in [3.8, 4) is 11.3 Å². The van der Waals surface area contributed by atoms with Crippen molar-refractivity contribution in [1.29, 1.82) is 0 Å². The Morgan fingerprint density at radius 3 is 2.45 bits per heavy atom. The Labute approximate surface area is 183 Å². The van der Waals surface area contributed by atoms with Gasteiger partial charge in [0.1, 0.15) is 0 Å². The summed E-state index contributed by atoms with van der Waals surface area (Å²) in [6.45, 7) is 6.64. The van der Waals surface area contributed by atoms with Crippen molar-refractivity contribution in [3.63, 3.8) is 0 Å². The standard InChI is InChI=1S/C22H29Cl2N5/c1-27-10-3-2-4-18(27)9-11-28-12-14-29(15-13-28)22-8-7-21(25-26-22)17-5-6-19(23)20(24)16-17/h5-8,16,18H,2-4,9-15H2,1H3. The molecule has 0 radical (unpaired) electrons. The van der Waals surface area contributed by atoms with E-state index in [1.807, 2.05) is 18.2 Å². The second-order valence-corrected chi connectivity index (χ2v) is 8.97. The summed E-state index contributed by atoms with van der Waals surface area (Å²) >= 11 is 12.1. The molecule has 0 bridgehead atoms. The minimum absolute atomic E-state index is 0.533. The summed E-state index contributed by atoms with van der Waals surface area (Å²) < 4.78 is 0. The lowest BCUT2D eigenvalue weighted by Crippen LogP contribution is -2.48. The van der Waals surface area contributed by atoms with Gasteiger partial charge in [0.05, 0.1) is 15.7 Å². The van der Waals surface area contributed by atoms with Gasteiger partial charge in [-0.1, -0.05) is 35.7 Å². The van der Waals surface area contributed by atoms with E-state index in [1.165, 1.54) is 38.8 Å². The summed E-state index contributed by atoms with van der Waals surface area (Å²) in [5, 5.41) is 9.95. The Balaban J connectivity index is 1.29. The number of rotatable bonds is 5. The lowest BCUT2D eigenvalue weighted by molar-refractivity contribution is 0.151. The van der Waals surface area contributed by atoms with Crippen molar-refractivity contribution in [3.05, 3.63) is 40.4 Å². The highest BCUT2D eigenvalue weighted by Crippen LogP contribution is 2.28. The molecule has 0 N–H and O–H groups in total. The molecule has 1 aromatic carbocycles. The lowest BCUT2D eigenvalue weighted by Gasteiger charge is -2.37.